The average Bonchev–Trinajstić information content (AvgIpc) is 2.86. The Labute approximate surface area is 95.2 Å². The monoisotopic (exact) mass is 289 g/mol. The second-order valence-electron chi connectivity index (χ2n) is 2.99. The first-order valence-corrected chi connectivity index (χ1v) is 4.05. The molecule has 0 aliphatic carbocycles. The quantitative estimate of drug-likeness (QED) is 0.358. The Kier molecular flexibility index (Phi) is 3.44. The highest BCUT2D eigenvalue weighted by atomic mass is 127. The first-order chi connectivity index (χ1) is 5.83. The molecule has 0 N–H and O–H groups in total. The topological polar surface area (TPSA) is 16.4 Å². The van der Waals surface area contributed by atoms with Gasteiger partial charge in [0.25, 0.3) is 0 Å². The predicted molar refractivity (Wildman–Crippen MR) is 46.4 cm³/mol. The van der Waals surface area contributed by atoms with Crippen molar-refractivity contribution in [3.05, 3.63) is 36.2 Å². The van der Waals surface area contributed by atoms with E-state index in [4.69, 9.17) is 4.74 Å². The number of ether oxygens (including phenoxy) is 1. The number of pyridine rings is 1. The summed E-state index contributed by atoms with van der Waals surface area (Å²) in [4.78, 5) is 0. The molecule has 1 fully saturated rings. The van der Waals surface area contributed by atoms with E-state index in [1.807, 2.05) is 25.4 Å². The molecule has 0 bridgehead atoms. The van der Waals surface area contributed by atoms with Gasteiger partial charge in [0.15, 0.2) is 6.20 Å². The molecular formula is C10H12INO. The fraction of sp³-hybridized carbons (Fsp3) is 0.300. The maximum atomic E-state index is 5.23. The van der Waals surface area contributed by atoms with E-state index in [1.165, 1.54) is 5.56 Å². The minimum atomic E-state index is 0. The molecule has 1 aromatic heterocycles. The van der Waals surface area contributed by atoms with Crippen molar-refractivity contribution in [1.29, 1.82) is 0 Å². The largest absolute Gasteiger partial charge is 1.00 e. The minimum Gasteiger partial charge on any atom is -1.00 e. The standard InChI is InChI=1S/C10H12NO.HI/c1-3-9-8(10-7-12-10)5-4-6-11(9)2;/h3-6,10H,1,7H2,2H3;1H/q+1;/p-1. The first-order valence-electron chi connectivity index (χ1n) is 4.05. The van der Waals surface area contributed by atoms with Gasteiger partial charge in [0.05, 0.1) is 12.2 Å². The zero-order valence-corrected chi connectivity index (χ0v) is 9.69. The number of aromatic nitrogens is 1. The molecule has 1 aliphatic rings. The van der Waals surface area contributed by atoms with Crippen LogP contribution in [0.15, 0.2) is 24.9 Å². The van der Waals surface area contributed by atoms with Crippen molar-refractivity contribution in [2.45, 2.75) is 6.10 Å². The predicted octanol–water partition coefficient (Wildman–Crippen LogP) is -1.77. The fourth-order valence-corrected chi connectivity index (χ4v) is 1.41. The molecule has 1 aliphatic heterocycles. The smallest absolute Gasteiger partial charge is 0.210 e. The Morgan fingerprint density at radius 2 is 2.38 bits per heavy atom. The summed E-state index contributed by atoms with van der Waals surface area (Å²) in [7, 11) is 2.02. The van der Waals surface area contributed by atoms with Crippen molar-refractivity contribution in [3.63, 3.8) is 0 Å². The van der Waals surface area contributed by atoms with Crippen LogP contribution in [0.5, 0.6) is 0 Å². The third-order valence-electron chi connectivity index (χ3n) is 2.13. The third-order valence-corrected chi connectivity index (χ3v) is 2.13. The van der Waals surface area contributed by atoms with Crippen LogP contribution in [-0.2, 0) is 11.8 Å². The van der Waals surface area contributed by atoms with E-state index in [0.29, 0.717) is 6.10 Å². The van der Waals surface area contributed by atoms with Crippen LogP contribution in [0.3, 0.4) is 0 Å². The SMILES string of the molecule is C=Cc1c(C2CO2)ccc[n+]1C.[I-]. The van der Waals surface area contributed by atoms with Crippen molar-refractivity contribution in [1.82, 2.24) is 0 Å². The fourth-order valence-electron chi connectivity index (χ4n) is 1.41. The Bertz CT molecular complexity index is 321. The molecule has 0 aromatic carbocycles. The maximum Gasteiger partial charge on any atom is 0.210 e. The lowest BCUT2D eigenvalue weighted by atomic mass is 10.1. The van der Waals surface area contributed by atoms with Crippen LogP contribution in [0.2, 0.25) is 0 Å². The van der Waals surface area contributed by atoms with Crippen molar-refractivity contribution >= 4 is 6.08 Å². The molecule has 2 heterocycles. The summed E-state index contributed by atoms with van der Waals surface area (Å²) in [6.07, 6.45) is 4.20. The van der Waals surface area contributed by atoms with Crippen molar-refractivity contribution < 1.29 is 33.3 Å². The summed E-state index contributed by atoms with van der Waals surface area (Å²) in [5.74, 6) is 0. The Balaban J connectivity index is 0.000000845. The van der Waals surface area contributed by atoms with Crippen LogP contribution in [-0.4, -0.2) is 6.61 Å². The molecule has 1 unspecified atom stereocenters. The van der Waals surface area contributed by atoms with Crippen LogP contribution >= 0.6 is 0 Å². The maximum absolute atomic E-state index is 5.23. The van der Waals surface area contributed by atoms with Crippen LogP contribution < -0.4 is 28.5 Å². The molecule has 0 amide bonds. The Morgan fingerprint density at radius 3 is 2.92 bits per heavy atom. The number of aryl methyl sites for hydroxylation is 1. The van der Waals surface area contributed by atoms with Crippen molar-refractivity contribution in [2.24, 2.45) is 7.05 Å². The van der Waals surface area contributed by atoms with Gasteiger partial charge < -0.3 is 28.7 Å². The summed E-state index contributed by atoms with van der Waals surface area (Å²) in [6.45, 7) is 4.64. The van der Waals surface area contributed by atoms with Crippen molar-refractivity contribution in [2.75, 3.05) is 6.61 Å². The molecule has 0 radical (unpaired) electrons. The number of halogens is 1. The lowest BCUT2D eigenvalue weighted by molar-refractivity contribution is -0.673. The van der Waals surface area contributed by atoms with Gasteiger partial charge in [-0.25, -0.2) is 4.57 Å². The molecule has 2 rings (SSSR count). The van der Waals surface area contributed by atoms with Crippen LogP contribution in [0, 0.1) is 0 Å². The van der Waals surface area contributed by atoms with E-state index in [1.54, 1.807) is 0 Å². The highest BCUT2D eigenvalue weighted by Crippen LogP contribution is 2.30. The first kappa shape index (κ1) is 10.7. The second kappa shape index (κ2) is 4.19. The number of hydrogen-bond donors (Lipinski definition) is 0. The second-order valence-corrected chi connectivity index (χ2v) is 2.99. The van der Waals surface area contributed by atoms with E-state index in [9.17, 15) is 0 Å². The van der Waals surface area contributed by atoms with Gasteiger partial charge in [0.1, 0.15) is 13.2 Å². The number of epoxide rings is 1. The summed E-state index contributed by atoms with van der Waals surface area (Å²) in [6, 6.07) is 4.12. The van der Waals surface area contributed by atoms with Gasteiger partial charge >= 0.3 is 0 Å². The van der Waals surface area contributed by atoms with Crippen LogP contribution in [0.1, 0.15) is 17.4 Å². The number of hydrogen-bond acceptors (Lipinski definition) is 1. The molecule has 70 valence electrons. The molecular weight excluding hydrogens is 277 g/mol. The summed E-state index contributed by atoms with van der Waals surface area (Å²) in [5, 5.41) is 0. The highest BCUT2D eigenvalue weighted by molar-refractivity contribution is 5.45. The average molecular weight is 289 g/mol. The number of rotatable bonds is 2. The van der Waals surface area contributed by atoms with E-state index < -0.39 is 0 Å². The molecule has 1 atom stereocenters. The highest BCUT2D eigenvalue weighted by Gasteiger charge is 2.29. The van der Waals surface area contributed by atoms with Gasteiger partial charge in [0.2, 0.25) is 5.69 Å². The Morgan fingerprint density at radius 1 is 1.69 bits per heavy atom. The molecule has 2 nitrogen and oxygen atoms in total. The molecule has 3 heteroatoms. The lowest BCUT2D eigenvalue weighted by Gasteiger charge is -1.98. The van der Waals surface area contributed by atoms with E-state index in [-0.39, 0.29) is 24.0 Å². The molecule has 1 aromatic rings. The molecule has 13 heavy (non-hydrogen) atoms. The zero-order valence-electron chi connectivity index (χ0n) is 7.53. The zero-order chi connectivity index (χ0) is 8.55. The van der Waals surface area contributed by atoms with E-state index in [0.717, 1.165) is 12.3 Å². The molecule has 0 saturated carbocycles. The molecule has 1 saturated heterocycles. The molecule has 0 spiro atoms. The summed E-state index contributed by atoms with van der Waals surface area (Å²) in [5.41, 5.74) is 2.40. The van der Waals surface area contributed by atoms with Gasteiger partial charge in [-0.2, -0.15) is 0 Å². The van der Waals surface area contributed by atoms with Crippen LogP contribution in [0.25, 0.3) is 6.08 Å². The van der Waals surface area contributed by atoms with Gasteiger partial charge in [-0.15, -0.1) is 0 Å². The van der Waals surface area contributed by atoms with Gasteiger partial charge in [-0.1, -0.05) is 6.58 Å². The van der Waals surface area contributed by atoms with Gasteiger partial charge in [-0.05, 0) is 6.07 Å². The lowest BCUT2D eigenvalue weighted by Crippen LogP contribution is -3.00. The van der Waals surface area contributed by atoms with Gasteiger partial charge in [0, 0.05) is 12.1 Å². The third kappa shape index (κ3) is 2.08. The van der Waals surface area contributed by atoms with E-state index in [2.05, 4.69) is 17.2 Å². The summed E-state index contributed by atoms with van der Waals surface area (Å²) < 4.78 is 7.29. The van der Waals surface area contributed by atoms with E-state index >= 15 is 0 Å². The van der Waals surface area contributed by atoms with Crippen molar-refractivity contribution in [3.8, 4) is 0 Å². The Hall–Kier alpha value is -0.420. The number of nitrogens with zero attached hydrogens (tertiary/aromatic N) is 1. The normalized spacial score (nSPS) is 19.0. The minimum absolute atomic E-state index is 0. The summed E-state index contributed by atoms with van der Waals surface area (Å²) >= 11 is 0. The van der Waals surface area contributed by atoms with Gasteiger partial charge in [-0.3, -0.25) is 0 Å². The van der Waals surface area contributed by atoms with Crippen LogP contribution in [0.4, 0.5) is 0 Å².